The minimum atomic E-state index is -0.368. The molecule has 190 valence electrons. The Labute approximate surface area is 212 Å². The Balaban J connectivity index is 1.75. The van der Waals surface area contributed by atoms with Crippen LogP contribution in [0, 0.1) is 10.8 Å². The van der Waals surface area contributed by atoms with Crippen molar-refractivity contribution in [2.75, 3.05) is 0 Å². The van der Waals surface area contributed by atoms with Crippen molar-refractivity contribution in [3.05, 3.63) is 56.6 Å². The maximum Gasteiger partial charge on any atom is 0.229 e. The molecule has 2 N–H and O–H groups in total. The molecule has 0 aliphatic rings. The zero-order valence-corrected chi connectivity index (χ0v) is 22.3. The van der Waals surface area contributed by atoms with Gasteiger partial charge in [-0.2, -0.15) is 25.3 Å². The van der Waals surface area contributed by atoms with Gasteiger partial charge in [0.2, 0.25) is 10.9 Å². The third kappa shape index (κ3) is 9.10. The standard InChI is InChI=1S/C26H38O6S2/c1-25(2,11-17-13-31-15-21(27)23(17)29)9-7-19(33)5-6-20(34)8-10-26(3,4)12-18-14-32-16-22(28)24(18)30/h13-16,19-20,27-28,33-34H,5-12H2,1-4H3. The quantitative estimate of drug-likeness (QED) is 0.255. The van der Waals surface area contributed by atoms with Gasteiger partial charge in [0.1, 0.15) is 12.5 Å². The van der Waals surface area contributed by atoms with E-state index in [0.717, 1.165) is 51.1 Å². The van der Waals surface area contributed by atoms with E-state index in [2.05, 4.69) is 27.7 Å². The van der Waals surface area contributed by atoms with Crippen LogP contribution < -0.4 is 10.9 Å². The van der Waals surface area contributed by atoms with Crippen LogP contribution in [0.2, 0.25) is 0 Å². The van der Waals surface area contributed by atoms with Crippen LogP contribution in [0.5, 0.6) is 11.5 Å². The fourth-order valence-electron chi connectivity index (χ4n) is 4.14. The summed E-state index contributed by atoms with van der Waals surface area (Å²) < 4.78 is 10.1. The largest absolute Gasteiger partial charge is 0.502 e. The summed E-state index contributed by atoms with van der Waals surface area (Å²) in [4.78, 5) is 24.1. The Bertz CT molecular complexity index is 957. The highest BCUT2D eigenvalue weighted by atomic mass is 32.1. The number of thiol groups is 2. The molecule has 2 atom stereocenters. The fourth-order valence-corrected chi connectivity index (χ4v) is 4.70. The van der Waals surface area contributed by atoms with Gasteiger partial charge in [-0.15, -0.1) is 0 Å². The number of rotatable bonds is 13. The van der Waals surface area contributed by atoms with Gasteiger partial charge >= 0.3 is 0 Å². The van der Waals surface area contributed by atoms with Gasteiger partial charge in [-0.1, -0.05) is 27.7 Å². The first-order valence-corrected chi connectivity index (χ1v) is 12.8. The van der Waals surface area contributed by atoms with E-state index in [1.807, 2.05) is 0 Å². The summed E-state index contributed by atoms with van der Waals surface area (Å²) in [6, 6.07) is 0. The van der Waals surface area contributed by atoms with Gasteiger partial charge in [0.15, 0.2) is 11.5 Å². The van der Waals surface area contributed by atoms with E-state index in [-0.39, 0.29) is 43.7 Å². The lowest BCUT2D eigenvalue weighted by Gasteiger charge is -2.27. The second kappa shape index (κ2) is 12.2. The van der Waals surface area contributed by atoms with Crippen LogP contribution >= 0.6 is 25.3 Å². The Morgan fingerprint density at radius 1 is 0.706 bits per heavy atom. The van der Waals surface area contributed by atoms with Gasteiger partial charge in [-0.25, -0.2) is 0 Å². The fraction of sp³-hybridized carbons (Fsp3) is 0.615. The highest BCUT2D eigenvalue weighted by Gasteiger charge is 2.24. The topological polar surface area (TPSA) is 101 Å². The Morgan fingerprint density at radius 3 is 1.41 bits per heavy atom. The van der Waals surface area contributed by atoms with Crippen molar-refractivity contribution in [1.29, 1.82) is 0 Å². The number of hydrogen-bond acceptors (Lipinski definition) is 8. The van der Waals surface area contributed by atoms with Crippen LogP contribution in [0.4, 0.5) is 0 Å². The van der Waals surface area contributed by atoms with Crippen LogP contribution in [0.15, 0.2) is 43.5 Å². The molecule has 0 saturated carbocycles. The third-order valence-electron chi connectivity index (χ3n) is 6.31. The van der Waals surface area contributed by atoms with Crippen LogP contribution in [0.1, 0.15) is 77.3 Å². The first-order valence-electron chi connectivity index (χ1n) is 11.7. The minimum absolute atomic E-state index is 0.119. The smallest absolute Gasteiger partial charge is 0.229 e. The second-order valence-corrected chi connectivity index (χ2v) is 12.3. The first-order chi connectivity index (χ1) is 15.8. The van der Waals surface area contributed by atoms with Gasteiger partial charge < -0.3 is 19.0 Å². The summed E-state index contributed by atoms with van der Waals surface area (Å²) in [5.74, 6) is -0.706. The van der Waals surface area contributed by atoms with Crippen molar-refractivity contribution in [2.45, 2.75) is 89.6 Å². The SMILES string of the molecule is CC(C)(CCC(S)CCC(S)CCC(C)(C)Cc1cocc(O)c1=O)Cc1cocc(O)c1=O. The second-order valence-electron chi connectivity index (χ2n) is 10.9. The minimum Gasteiger partial charge on any atom is -0.502 e. The molecule has 0 radical (unpaired) electrons. The van der Waals surface area contributed by atoms with E-state index < -0.39 is 0 Å². The number of aromatic hydroxyl groups is 2. The molecule has 0 spiro atoms. The van der Waals surface area contributed by atoms with Crippen LogP contribution in [-0.2, 0) is 12.8 Å². The molecule has 0 saturated heterocycles. The average molecular weight is 511 g/mol. The summed E-state index contributed by atoms with van der Waals surface area (Å²) in [6.07, 6.45) is 11.5. The van der Waals surface area contributed by atoms with Gasteiger partial charge in [-0.05, 0) is 62.2 Å². The molecular weight excluding hydrogens is 472 g/mol. The normalized spacial score (nSPS) is 14.2. The van der Waals surface area contributed by atoms with E-state index in [1.165, 1.54) is 12.5 Å². The highest BCUT2D eigenvalue weighted by molar-refractivity contribution is 7.81. The summed E-state index contributed by atoms with van der Waals surface area (Å²) in [7, 11) is 0. The molecule has 0 aliphatic carbocycles. The zero-order chi connectivity index (χ0) is 25.5. The van der Waals surface area contributed by atoms with Crippen molar-refractivity contribution < 1.29 is 19.0 Å². The van der Waals surface area contributed by atoms with E-state index in [1.54, 1.807) is 0 Å². The Kier molecular flexibility index (Phi) is 10.2. The maximum atomic E-state index is 12.1. The maximum absolute atomic E-state index is 12.1. The molecule has 0 bridgehead atoms. The van der Waals surface area contributed by atoms with Crippen LogP contribution in [-0.4, -0.2) is 20.7 Å². The van der Waals surface area contributed by atoms with E-state index in [4.69, 9.17) is 34.1 Å². The summed E-state index contributed by atoms with van der Waals surface area (Å²) in [6.45, 7) is 8.42. The number of hydrogen-bond donors (Lipinski definition) is 4. The highest BCUT2D eigenvalue weighted by Crippen LogP contribution is 2.32. The molecule has 2 heterocycles. The molecule has 2 aromatic rings. The van der Waals surface area contributed by atoms with Gasteiger partial charge in [0.05, 0.1) is 12.5 Å². The van der Waals surface area contributed by atoms with Crippen molar-refractivity contribution >= 4 is 25.3 Å². The predicted molar refractivity (Wildman–Crippen MR) is 142 cm³/mol. The van der Waals surface area contributed by atoms with E-state index in [0.29, 0.717) is 24.0 Å². The Morgan fingerprint density at radius 2 is 1.06 bits per heavy atom. The average Bonchev–Trinajstić information content (AvgIpc) is 2.76. The molecule has 6 nitrogen and oxygen atoms in total. The van der Waals surface area contributed by atoms with Crippen LogP contribution in [0.3, 0.4) is 0 Å². The van der Waals surface area contributed by atoms with E-state index in [9.17, 15) is 19.8 Å². The van der Waals surface area contributed by atoms with Crippen molar-refractivity contribution in [3.8, 4) is 11.5 Å². The molecule has 0 amide bonds. The van der Waals surface area contributed by atoms with Crippen molar-refractivity contribution in [1.82, 2.24) is 0 Å². The summed E-state index contributed by atoms with van der Waals surface area (Å²) in [5.41, 5.74) is 0.00304. The predicted octanol–water partition coefficient (Wildman–Crippen LogP) is 5.78. The van der Waals surface area contributed by atoms with E-state index >= 15 is 0 Å². The zero-order valence-electron chi connectivity index (χ0n) is 20.5. The molecule has 0 aromatic carbocycles. The molecule has 2 unspecified atom stereocenters. The summed E-state index contributed by atoms with van der Waals surface area (Å²) >= 11 is 9.54. The Hall–Kier alpha value is -1.80. The molecule has 34 heavy (non-hydrogen) atoms. The monoisotopic (exact) mass is 510 g/mol. The molecule has 0 fully saturated rings. The molecule has 8 heteroatoms. The lowest BCUT2D eigenvalue weighted by molar-refractivity contribution is 0.307. The molecule has 2 rings (SSSR count). The van der Waals surface area contributed by atoms with Crippen molar-refractivity contribution in [2.24, 2.45) is 10.8 Å². The van der Waals surface area contributed by atoms with Crippen molar-refractivity contribution in [3.63, 3.8) is 0 Å². The third-order valence-corrected chi connectivity index (χ3v) is 7.34. The lowest BCUT2D eigenvalue weighted by atomic mass is 9.80. The lowest BCUT2D eigenvalue weighted by Crippen LogP contribution is -2.22. The molecular formula is C26H38O6S2. The van der Waals surface area contributed by atoms with Gasteiger partial charge in [0.25, 0.3) is 0 Å². The van der Waals surface area contributed by atoms with Gasteiger partial charge in [0, 0.05) is 21.6 Å². The molecule has 2 aromatic heterocycles. The van der Waals surface area contributed by atoms with Crippen LogP contribution in [0.25, 0.3) is 0 Å². The summed E-state index contributed by atoms with van der Waals surface area (Å²) in [5, 5.41) is 19.6. The van der Waals surface area contributed by atoms with Gasteiger partial charge in [-0.3, -0.25) is 9.59 Å². The first kappa shape index (κ1) is 28.4. The molecule has 0 aliphatic heterocycles.